The van der Waals surface area contributed by atoms with Gasteiger partial charge in [0, 0.05) is 13.0 Å². The molecule has 1 amide bonds. The Morgan fingerprint density at radius 2 is 1.95 bits per heavy atom. The Bertz CT molecular complexity index is 433. The molecule has 5 heteroatoms. The summed E-state index contributed by atoms with van der Waals surface area (Å²) in [7, 11) is 0. The van der Waals surface area contributed by atoms with Crippen molar-refractivity contribution in [3.05, 3.63) is 35.9 Å². The molecule has 1 unspecified atom stereocenters. The van der Waals surface area contributed by atoms with Crippen molar-refractivity contribution in [1.29, 1.82) is 0 Å². The van der Waals surface area contributed by atoms with Crippen LogP contribution in [0.1, 0.15) is 19.4 Å². The average molecular weight is 279 g/mol. The maximum Gasteiger partial charge on any atom is 0.326 e. The molecule has 1 rings (SSSR count). The molecule has 0 aliphatic heterocycles. The van der Waals surface area contributed by atoms with Crippen LogP contribution < -0.4 is 5.32 Å². The number of nitrogens with one attached hydrogen (secondary N) is 1. The van der Waals surface area contributed by atoms with E-state index in [9.17, 15) is 14.7 Å². The van der Waals surface area contributed by atoms with Crippen LogP contribution in [0.3, 0.4) is 0 Å². The zero-order chi connectivity index (χ0) is 15.0. The second kappa shape index (κ2) is 8.32. The molecule has 0 radical (unpaired) electrons. The van der Waals surface area contributed by atoms with Gasteiger partial charge in [0.2, 0.25) is 5.91 Å². The van der Waals surface area contributed by atoms with Gasteiger partial charge in [0.05, 0.1) is 12.5 Å². The molecule has 0 aliphatic rings. The van der Waals surface area contributed by atoms with E-state index in [4.69, 9.17) is 4.74 Å². The predicted molar refractivity (Wildman–Crippen MR) is 75.4 cm³/mol. The maximum atomic E-state index is 11.9. The summed E-state index contributed by atoms with van der Waals surface area (Å²) in [6.07, 6.45) is 0.267. The van der Waals surface area contributed by atoms with Gasteiger partial charge in [-0.2, -0.15) is 0 Å². The van der Waals surface area contributed by atoms with Gasteiger partial charge in [-0.1, -0.05) is 37.3 Å². The number of carboxylic acid groups (broad SMARTS) is 1. The molecular weight excluding hydrogens is 258 g/mol. The minimum absolute atomic E-state index is 0.267. The van der Waals surface area contributed by atoms with Crippen LogP contribution in [0.4, 0.5) is 0 Å². The molecule has 20 heavy (non-hydrogen) atoms. The number of hydrogen-bond acceptors (Lipinski definition) is 3. The first-order valence-corrected chi connectivity index (χ1v) is 6.69. The fourth-order valence-corrected chi connectivity index (χ4v) is 1.73. The SMILES string of the molecule is CCOCC(C)C(=O)N[C@@H](Cc1ccccc1)C(=O)O. The molecule has 0 spiro atoms. The Morgan fingerprint density at radius 3 is 2.50 bits per heavy atom. The highest BCUT2D eigenvalue weighted by molar-refractivity contribution is 5.85. The van der Waals surface area contributed by atoms with E-state index in [1.54, 1.807) is 6.92 Å². The molecule has 0 aliphatic carbocycles. The molecule has 0 bridgehead atoms. The van der Waals surface area contributed by atoms with Crippen molar-refractivity contribution in [2.45, 2.75) is 26.3 Å². The summed E-state index contributed by atoms with van der Waals surface area (Å²) in [6.45, 7) is 4.39. The van der Waals surface area contributed by atoms with E-state index < -0.39 is 12.0 Å². The molecule has 1 aromatic rings. The van der Waals surface area contributed by atoms with Crippen LogP contribution in [0, 0.1) is 5.92 Å². The Balaban J connectivity index is 2.59. The van der Waals surface area contributed by atoms with Gasteiger partial charge in [-0.3, -0.25) is 4.79 Å². The number of carboxylic acids is 1. The highest BCUT2D eigenvalue weighted by Crippen LogP contribution is 2.05. The fraction of sp³-hybridized carbons (Fsp3) is 0.467. The van der Waals surface area contributed by atoms with E-state index in [1.807, 2.05) is 37.3 Å². The Hall–Kier alpha value is -1.88. The fourth-order valence-electron chi connectivity index (χ4n) is 1.73. The lowest BCUT2D eigenvalue weighted by atomic mass is 10.0. The molecule has 0 fully saturated rings. The van der Waals surface area contributed by atoms with Gasteiger partial charge < -0.3 is 15.2 Å². The smallest absolute Gasteiger partial charge is 0.326 e. The maximum absolute atomic E-state index is 11.9. The molecule has 0 heterocycles. The number of carbonyl (C=O) groups excluding carboxylic acids is 1. The minimum atomic E-state index is -1.04. The first kappa shape index (κ1) is 16.2. The van der Waals surface area contributed by atoms with Crippen LogP contribution in [-0.4, -0.2) is 36.2 Å². The largest absolute Gasteiger partial charge is 0.480 e. The summed E-state index contributed by atoms with van der Waals surface area (Å²) in [4.78, 5) is 23.1. The number of carbonyl (C=O) groups is 2. The average Bonchev–Trinajstić information content (AvgIpc) is 2.44. The lowest BCUT2D eigenvalue weighted by molar-refractivity contribution is -0.142. The summed E-state index contributed by atoms with van der Waals surface area (Å²) in [5.74, 6) is -1.71. The zero-order valence-corrected chi connectivity index (χ0v) is 11.8. The van der Waals surface area contributed by atoms with E-state index in [1.165, 1.54) is 0 Å². The van der Waals surface area contributed by atoms with Crippen molar-refractivity contribution in [1.82, 2.24) is 5.32 Å². The molecule has 0 saturated carbocycles. The number of amides is 1. The van der Waals surface area contributed by atoms with E-state index in [2.05, 4.69) is 5.32 Å². The van der Waals surface area contributed by atoms with Gasteiger partial charge in [0.25, 0.3) is 0 Å². The summed E-state index contributed by atoms with van der Waals surface area (Å²) < 4.78 is 5.17. The highest BCUT2D eigenvalue weighted by atomic mass is 16.5. The van der Waals surface area contributed by atoms with E-state index in [-0.39, 0.29) is 18.2 Å². The predicted octanol–water partition coefficient (Wildman–Crippen LogP) is 1.47. The molecule has 0 aromatic heterocycles. The zero-order valence-electron chi connectivity index (χ0n) is 11.8. The number of ether oxygens (including phenoxy) is 1. The van der Waals surface area contributed by atoms with Crippen molar-refractivity contribution < 1.29 is 19.4 Å². The van der Waals surface area contributed by atoms with Crippen LogP contribution in [0.2, 0.25) is 0 Å². The van der Waals surface area contributed by atoms with Crippen LogP contribution in [-0.2, 0) is 20.7 Å². The van der Waals surface area contributed by atoms with Gasteiger partial charge >= 0.3 is 5.97 Å². The van der Waals surface area contributed by atoms with Gasteiger partial charge in [-0.05, 0) is 12.5 Å². The van der Waals surface area contributed by atoms with Crippen molar-refractivity contribution in [3.63, 3.8) is 0 Å². The van der Waals surface area contributed by atoms with E-state index in [0.717, 1.165) is 5.56 Å². The number of aliphatic carboxylic acids is 1. The molecule has 1 aromatic carbocycles. The molecule has 2 atom stereocenters. The Morgan fingerprint density at radius 1 is 1.30 bits per heavy atom. The van der Waals surface area contributed by atoms with Crippen LogP contribution in [0.15, 0.2) is 30.3 Å². The molecule has 2 N–H and O–H groups in total. The van der Waals surface area contributed by atoms with Crippen molar-refractivity contribution in [3.8, 4) is 0 Å². The molecule has 5 nitrogen and oxygen atoms in total. The summed E-state index contributed by atoms with van der Waals surface area (Å²) in [5, 5.41) is 11.8. The monoisotopic (exact) mass is 279 g/mol. The van der Waals surface area contributed by atoms with Crippen molar-refractivity contribution >= 4 is 11.9 Å². The Labute approximate surface area is 118 Å². The molecule has 0 saturated heterocycles. The van der Waals surface area contributed by atoms with E-state index >= 15 is 0 Å². The number of hydrogen-bond donors (Lipinski definition) is 2. The number of rotatable bonds is 8. The third kappa shape index (κ3) is 5.40. The van der Waals surface area contributed by atoms with Gasteiger partial charge in [-0.15, -0.1) is 0 Å². The van der Waals surface area contributed by atoms with Crippen LogP contribution in [0.25, 0.3) is 0 Å². The summed E-state index contributed by atoms with van der Waals surface area (Å²) in [5.41, 5.74) is 0.873. The summed E-state index contributed by atoms with van der Waals surface area (Å²) in [6, 6.07) is 8.30. The number of benzene rings is 1. The quantitative estimate of drug-likeness (QED) is 0.755. The van der Waals surface area contributed by atoms with Gasteiger partial charge in [-0.25, -0.2) is 4.79 Å². The Kier molecular flexibility index (Phi) is 6.73. The second-order valence-corrected chi connectivity index (χ2v) is 4.65. The third-order valence-electron chi connectivity index (χ3n) is 2.92. The molecule has 110 valence electrons. The summed E-state index contributed by atoms with van der Waals surface area (Å²) >= 11 is 0. The topological polar surface area (TPSA) is 75.6 Å². The van der Waals surface area contributed by atoms with E-state index in [0.29, 0.717) is 13.2 Å². The standard InChI is InChI=1S/C15H21NO4/c1-3-20-10-11(2)14(17)16-13(15(18)19)9-12-7-5-4-6-8-12/h4-8,11,13H,3,9-10H2,1-2H3,(H,16,17)(H,18,19)/t11?,13-/m0/s1. The normalized spacial score (nSPS) is 13.5. The van der Waals surface area contributed by atoms with Crippen molar-refractivity contribution in [2.75, 3.05) is 13.2 Å². The second-order valence-electron chi connectivity index (χ2n) is 4.65. The van der Waals surface area contributed by atoms with Crippen molar-refractivity contribution in [2.24, 2.45) is 5.92 Å². The lowest BCUT2D eigenvalue weighted by Crippen LogP contribution is -2.45. The lowest BCUT2D eigenvalue weighted by Gasteiger charge is -2.18. The van der Waals surface area contributed by atoms with Gasteiger partial charge in [0.1, 0.15) is 6.04 Å². The highest BCUT2D eigenvalue weighted by Gasteiger charge is 2.23. The first-order valence-electron chi connectivity index (χ1n) is 6.69. The minimum Gasteiger partial charge on any atom is -0.480 e. The van der Waals surface area contributed by atoms with Gasteiger partial charge in [0.15, 0.2) is 0 Å². The molecular formula is C15H21NO4. The third-order valence-corrected chi connectivity index (χ3v) is 2.92. The van der Waals surface area contributed by atoms with Crippen LogP contribution >= 0.6 is 0 Å². The van der Waals surface area contributed by atoms with Crippen LogP contribution in [0.5, 0.6) is 0 Å². The first-order chi connectivity index (χ1) is 9.54.